The molecule has 0 spiro atoms. The Kier molecular flexibility index (Phi) is 5.75. The molecule has 5 heterocycles. The molecule has 1 aliphatic carbocycles. The summed E-state index contributed by atoms with van der Waals surface area (Å²) in [6, 6.07) is 5.67. The monoisotopic (exact) mass is 532 g/mol. The highest BCUT2D eigenvalue weighted by atomic mass is 35.5. The fourth-order valence-corrected chi connectivity index (χ4v) is 5.07. The third-order valence-corrected chi connectivity index (χ3v) is 7.43. The lowest BCUT2D eigenvalue weighted by Gasteiger charge is -2.42. The fraction of sp³-hybridized carbons (Fsp3) is 0.417. The quantitative estimate of drug-likeness (QED) is 0.360. The smallest absolute Gasteiger partial charge is 0.358 e. The van der Waals surface area contributed by atoms with Crippen LogP contribution < -0.4 is 5.32 Å². The number of pyridine rings is 1. The Hall–Kier alpha value is -3.38. The zero-order chi connectivity index (χ0) is 25.8. The lowest BCUT2D eigenvalue weighted by Crippen LogP contribution is -2.53. The van der Waals surface area contributed by atoms with Crippen LogP contribution in [-0.4, -0.2) is 45.9 Å². The van der Waals surface area contributed by atoms with Crippen molar-refractivity contribution in [2.75, 3.05) is 5.32 Å². The molecular formula is C24H24ClF3N8O. The van der Waals surface area contributed by atoms with Crippen molar-refractivity contribution in [3.8, 4) is 22.6 Å². The molecule has 0 amide bonds. The zero-order valence-electron chi connectivity index (χ0n) is 20.0. The highest BCUT2D eigenvalue weighted by Crippen LogP contribution is 2.48. The summed E-state index contributed by atoms with van der Waals surface area (Å²) < 4.78 is 51.7. The van der Waals surface area contributed by atoms with Crippen molar-refractivity contribution in [2.45, 2.75) is 57.2 Å². The second-order valence-corrected chi connectivity index (χ2v) is 9.81. The molecule has 0 saturated heterocycles. The van der Waals surface area contributed by atoms with Gasteiger partial charge in [-0.05, 0) is 37.8 Å². The van der Waals surface area contributed by atoms with Gasteiger partial charge in [0.15, 0.2) is 17.2 Å². The van der Waals surface area contributed by atoms with Gasteiger partial charge in [-0.25, -0.2) is 4.98 Å². The van der Waals surface area contributed by atoms with Crippen LogP contribution in [0.2, 0.25) is 5.02 Å². The first-order valence-electron chi connectivity index (χ1n) is 12.0. The largest absolute Gasteiger partial charge is 0.417 e. The molecule has 1 N–H and O–H groups in total. The van der Waals surface area contributed by atoms with Gasteiger partial charge in [-0.1, -0.05) is 11.6 Å². The molecule has 9 nitrogen and oxygen atoms in total. The van der Waals surface area contributed by atoms with E-state index in [4.69, 9.17) is 16.3 Å². The molecule has 2 aliphatic rings. The number of fused-ring (bicyclic) bond motifs is 3. The first-order chi connectivity index (χ1) is 17.7. The van der Waals surface area contributed by atoms with Gasteiger partial charge in [-0.3, -0.25) is 4.68 Å². The van der Waals surface area contributed by atoms with Crippen LogP contribution in [0.3, 0.4) is 0 Å². The van der Waals surface area contributed by atoms with Crippen molar-refractivity contribution in [3.63, 3.8) is 0 Å². The summed E-state index contributed by atoms with van der Waals surface area (Å²) in [5.41, 5.74) is 0.398. The maximum atomic E-state index is 13.5. The van der Waals surface area contributed by atoms with Crippen molar-refractivity contribution in [2.24, 2.45) is 7.05 Å². The maximum absolute atomic E-state index is 13.5. The van der Waals surface area contributed by atoms with E-state index in [1.54, 1.807) is 17.1 Å². The number of anilines is 2. The van der Waals surface area contributed by atoms with Crippen LogP contribution in [0, 0.1) is 0 Å². The fourth-order valence-electron chi connectivity index (χ4n) is 4.86. The Morgan fingerprint density at radius 1 is 1.16 bits per heavy atom. The Morgan fingerprint density at radius 3 is 2.70 bits per heavy atom. The number of alkyl halides is 3. The second-order valence-electron chi connectivity index (χ2n) is 9.40. The number of hydrogen-bond acceptors (Lipinski definition) is 6. The van der Waals surface area contributed by atoms with Crippen molar-refractivity contribution < 1.29 is 17.9 Å². The standard InChI is InChI=1S/C24H24ClF3N8O/c1-34-20(4-7-30-34)31-19-11-16(17(25)12-29-19)15-10-18-22-33-32-21(36(22)9-3-8-35(18)13-15)14-37-23(5-2-6-23)24(26,27)28/h4,7,10-13H,2-3,5-6,8-9,14H2,1H3,(H,29,31). The summed E-state index contributed by atoms with van der Waals surface area (Å²) >= 11 is 6.53. The molecule has 0 radical (unpaired) electrons. The van der Waals surface area contributed by atoms with Crippen LogP contribution in [0.4, 0.5) is 24.8 Å². The molecule has 194 valence electrons. The number of nitrogens with one attached hydrogen (secondary N) is 1. The van der Waals surface area contributed by atoms with Gasteiger partial charge in [0, 0.05) is 49.7 Å². The summed E-state index contributed by atoms with van der Waals surface area (Å²) in [6.07, 6.45) is 2.11. The molecule has 0 unspecified atom stereocenters. The first kappa shape index (κ1) is 24.0. The topological polar surface area (TPSA) is 87.6 Å². The molecule has 6 rings (SSSR count). The van der Waals surface area contributed by atoms with E-state index in [1.807, 2.05) is 36.0 Å². The zero-order valence-corrected chi connectivity index (χ0v) is 20.7. The van der Waals surface area contributed by atoms with Gasteiger partial charge in [0.1, 0.15) is 18.2 Å². The number of aryl methyl sites for hydroxylation is 2. The lowest BCUT2D eigenvalue weighted by molar-refractivity contribution is -0.308. The highest BCUT2D eigenvalue weighted by Gasteiger charge is 2.59. The summed E-state index contributed by atoms with van der Waals surface area (Å²) in [7, 11) is 1.83. The molecule has 0 aromatic carbocycles. The first-order valence-corrected chi connectivity index (χ1v) is 12.4. The number of aromatic nitrogens is 7. The highest BCUT2D eigenvalue weighted by molar-refractivity contribution is 6.33. The van der Waals surface area contributed by atoms with Gasteiger partial charge in [-0.2, -0.15) is 18.3 Å². The molecule has 0 bridgehead atoms. The molecular weight excluding hydrogens is 509 g/mol. The van der Waals surface area contributed by atoms with Crippen LogP contribution in [-0.2, 0) is 31.5 Å². The molecule has 1 saturated carbocycles. The molecule has 4 aromatic heterocycles. The third kappa shape index (κ3) is 4.17. The van der Waals surface area contributed by atoms with Crippen molar-refractivity contribution >= 4 is 23.2 Å². The Morgan fingerprint density at radius 2 is 2.00 bits per heavy atom. The third-order valence-electron chi connectivity index (χ3n) is 7.13. The Balaban J connectivity index is 1.29. The van der Waals surface area contributed by atoms with Crippen molar-refractivity contribution in [1.82, 2.24) is 34.1 Å². The van der Waals surface area contributed by atoms with Crippen LogP contribution in [0.25, 0.3) is 22.6 Å². The number of hydrogen-bond donors (Lipinski definition) is 1. The predicted octanol–water partition coefficient (Wildman–Crippen LogP) is 5.34. The van der Waals surface area contributed by atoms with Gasteiger partial charge < -0.3 is 19.2 Å². The maximum Gasteiger partial charge on any atom is 0.417 e. The van der Waals surface area contributed by atoms with E-state index in [0.717, 1.165) is 29.1 Å². The average molecular weight is 533 g/mol. The van der Waals surface area contributed by atoms with Crippen molar-refractivity contribution in [3.05, 3.63) is 47.6 Å². The van der Waals surface area contributed by atoms with E-state index in [9.17, 15) is 13.2 Å². The van der Waals surface area contributed by atoms with Crippen LogP contribution >= 0.6 is 11.6 Å². The summed E-state index contributed by atoms with van der Waals surface area (Å²) in [5, 5.41) is 16.4. The Labute approximate surface area is 215 Å². The van der Waals surface area contributed by atoms with Crippen LogP contribution in [0.15, 0.2) is 36.8 Å². The summed E-state index contributed by atoms with van der Waals surface area (Å²) in [4.78, 5) is 4.37. The molecule has 1 fully saturated rings. The minimum absolute atomic E-state index is 0.0200. The predicted molar refractivity (Wildman–Crippen MR) is 130 cm³/mol. The minimum Gasteiger partial charge on any atom is -0.358 e. The van der Waals surface area contributed by atoms with E-state index in [-0.39, 0.29) is 19.4 Å². The summed E-state index contributed by atoms with van der Waals surface area (Å²) in [5.74, 6) is 2.38. The molecule has 1 aliphatic heterocycles. The van der Waals surface area contributed by atoms with Crippen molar-refractivity contribution in [1.29, 1.82) is 0 Å². The van der Waals surface area contributed by atoms with Gasteiger partial charge in [0.2, 0.25) is 0 Å². The van der Waals surface area contributed by atoms with E-state index < -0.39 is 11.8 Å². The number of rotatable bonds is 6. The van der Waals surface area contributed by atoms with Crippen LogP contribution in [0.1, 0.15) is 31.5 Å². The molecule has 13 heteroatoms. The SMILES string of the molecule is Cn1nccc1Nc1cc(-c2cc3n(c2)CCCn2c(COC4(C(F)(F)F)CCC4)nnc2-3)c(Cl)cn1. The lowest BCUT2D eigenvalue weighted by atomic mass is 9.79. The van der Waals surface area contributed by atoms with Crippen LogP contribution in [0.5, 0.6) is 0 Å². The second kappa shape index (κ2) is 8.88. The van der Waals surface area contributed by atoms with Gasteiger partial charge in [-0.15, -0.1) is 10.2 Å². The molecule has 4 aromatic rings. The van der Waals surface area contributed by atoms with E-state index in [0.29, 0.717) is 42.0 Å². The number of nitrogens with zero attached hydrogens (tertiary/aromatic N) is 7. The van der Waals surface area contributed by atoms with E-state index in [1.165, 1.54) is 0 Å². The minimum atomic E-state index is -4.40. The number of ether oxygens (including phenoxy) is 1. The summed E-state index contributed by atoms with van der Waals surface area (Å²) in [6.45, 7) is 1.07. The van der Waals surface area contributed by atoms with E-state index in [2.05, 4.69) is 30.2 Å². The Bertz CT molecular complexity index is 1450. The van der Waals surface area contributed by atoms with Gasteiger partial charge in [0.05, 0.1) is 16.9 Å². The molecule has 37 heavy (non-hydrogen) atoms. The molecule has 0 atom stereocenters. The number of halogens is 4. The average Bonchev–Trinajstić information content (AvgIpc) is 3.50. The normalized spacial score (nSPS) is 16.6. The van der Waals surface area contributed by atoms with Gasteiger partial charge >= 0.3 is 6.18 Å². The van der Waals surface area contributed by atoms with E-state index >= 15 is 0 Å². The van der Waals surface area contributed by atoms with Gasteiger partial charge in [0.25, 0.3) is 0 Å².